The maximum absolute atomic E-state index is 9.79. The molecule has 0 bridgehead atoms. The summed E-state index contributed by atoms with van der Waals surface area (Å²) in [5.41, 5.74) is 0. The second kappa shape index (κ2) is 2.84. The molecule has 0 radical (unpaired) electrons. The Hall–Kier alpha value is -0.300. The standard InChI is InChI=1S/C12H18O/c13-12-4-2-1-3-8-5-9(8)6-10-7-11(10)12/h1-2,8-13H,3-7H2/b2-1+. The number of aliphatic hydroxyl groups excluding tert-OH is 1. The second-order valence-corrected chi connectivity index (χ2v) is 5.16. The molecule has 1 N–H and O–H groups in total. The molecule has 2 saturated carbocycles. The van der Waals surface area contributed by atoms with Gasteiger partial charge in [0.2, 0.25) is 0 Å². The number of fused-ring (bicyclic) bond motifs is 2. The van der Waals surface area contributed by atoms with Crippen molar-refractivity contribution in [1.29, 1.82) is 0 Å². The lowest BCUT2D eigenvalue weighted by Gasteiger charge is -2.08. The summed E-state index contributed by atoms with van der Waals surface area (Å²) in [5.74, 6) is 3.57. The fourth-order valence-electron chi connectivity index (χ4n) is 2.97. The van der Waals surface area contributed by atoms with Gasteiger partial charge in [0.15, 0.2) is 0 Å². The van der Waals surface area contributed by atoms with Gasteiger partial charge in [-0.05, 0) is 55.8 Å². The Balaban J connectivity index is 1.68. The molecule has 0 spiro atoms. The first-order chi connectivity index (χ1) is 6.34. The van der Waals surface area contributed by atoms with E-state index in [0.717, 1.165) is 24.2 Å². The molecule has 1 nitrogen and oxygen atoms in total. The number of allylic oxidation sites excluding steroid dienone is 1. The molecule has 1 heteroatoms. The summed E-state index contributed by atoms with van der Waals surface area (Å²) >= 11 is 0. The molecule has 72 valence electrons. The third-order valence-corrected chi connectivity index (χ3v) is 4.13. The molecule has 0 saturated heterocycles. The van der Waals surface area contributed by atoms with Crippen LogP contribution in [0.3, 0.4) is 0 Å². The lowest BCUT2D eigenvalue weighted by molar-refractivity contribution is 0.146. The molecule has 0 heterocycles. The summed E-state index contributed by atoms with van der Waals surface area (Å²) in [7, 11) is 0. The molecule has 3 aliphatic carbocycles. The smallest absolute Gasteiger partial charge is 0.0605 e. The van der Waals surface area contributed by atoms with Crippen molar-refractivity contribution in [2.45, 2.75) is 38.2 Å². The van der Waals surface area contributed by atoms with Gasteiger partial charge in [-0.15, -0.1) is 0 Å². The highest BCUT2D eigenvalue weighted by atomic mass is 16.3. The molecule has 13 heavy (non-hydrogen) atoms. The van der Waals surface area contributed by atoms with Gasteiger partial charge < -0.3 is 5.11 Å². The quantitative estimate of drug-likeness (QED) is 0.565. The van der Waals surface area contributed by atoms with Gasteiger partial charge in [0.25, 0.3) is 0 Å². The van der Waals surface area contributed by atoms with Crippen molar-refractivity contribution in [2.24, 2.45) is 23.7 Å². The van der Waals surface area contributed by atoms with Crippen LogP contribution in [0.1, 0.15) is 32.1 Å². The molecule has 3 rings (SSSR count). The molecule has 0 aromatic rings. The van der Waals surface area contributed by atoms with Crippen LogP contribution in [0.2, 0.25) is 0 Å². The van der Waals surface area contributed by atoms with Crippen LogP contribution in [0, 0.1) is 23.7 Å². The van der Waals surface area contributed by atoms with Gasteiger partial charge in [-0.25, -0.2) is 0 Å². The van der Waals surface area contributed by atoms with Crippen LogP contribution in [-0.4, -0.2) is 11.2 Å². The maximum atomic E-state index is 9.79. The van der Waals surface area contributed by atoms with E-state index in [1.54, 1.807) is 0 Å². The van der Waals surface area contributed by atoms with Crippen molar-refractivity contribution in [3.8, 4) is 0 Å². The minimum absolute atomic E-state index is 0.0310. The fraction of sp³-hybridized carbons (Fsp3) is 0.833. The normalized spacial score (nSPS) is 55.9. The van der Waals surface area contributed by atoms with Gasteiger partial charge in [-0.1, -0.05) is 12.2 Å². The zero-order valence-electron chi connectivity index (χ0n) is 8.02. The Morgan fingerprint density at radius 1 is 0.846 bits per heavy atom. The van der Waals surface area contributed by atoms with E-state index in [1.165, 1.54) is 25.7 Å². The van der Waals surface area contributed by atoms with E-state index < -0.39 is 0 Å². The van der Waals surface area contributed by atoms with E-state index in [1.807, 2.05) is 0 Å². The molecule has 3 aliphatic rings. The van der Waals surface area contributed by atoms with E-state index in [0.29, 0.717) is 5.92 Å². The van der Waals surface area contributed by atoms with Crippen LogP contribution in [-0.2, 0) is 0 Å². The first-order valence-corrected chi connectivity index (χ1v) is 5.67. The van der Waals surface area contributed by atoms with Gasteiger partial charge in [-0.3, -0.25) is 0 Å². The number of rotatable bonds is 0. The molecule has 0 amide bonds. The molecule has 2 fully saturated rings. The lowest BCUT2D eigenvalue weighted by Crippen LogP contribution is -2.10. The van der Waals surface area contributed by atoms with Crippen molar-refractivity contribution < 1.29 is 5.11 Å². The molecule has 0 aromatic heterocycles. The maximum Gasteiger partial charge on any atom is 0.0605 e. The van der Waals surface area contributed by atoms with Gasteiger partial charge in [0.1, 0.15) is 0 Å². The molecule has 5 atom stereocenters. The average Bonchev–Trinajstić information content (AvgIpc) is 2.97. The monoisotopic (exact) mass is 178 g/mol. The van der Waals surface area contributed by atoms with Crippen LogP contribution < -0.4 is 0 Å². The van der Waals surface area contributed by atoms with Crippen molar-refractivity contribution in [2.75, 3.05) is 0 Å². The minimum atomic E-state index is -0.0310. The van der Waals surface area contributed by atoms with E-state index in [-0.39, 0.29) is 6.10 Å². The third kappa shape index (κ3) is 1.54. The van der Waals surface area contributed by atoms with Crippen LogP contribution >= 0.6 is 0 Å². The van der Waals surface area contributed by atoms with E-state index >= 15 is 0 Å². The highest BCUT2D eigenvalue weighted by molar-refractivity contribution is 5.03. The Labute approximate surface area is 79.8 Å². The summed E-state index contributed by atoms with van der Waals surface area (Å²) in [4.78, 5) is 0. The zero-order valence-corrected chi connectivity index (χ0v) is 8.02. The summed E-state index contributed by atoms with van der Waals surface area (Å²) in [5, 5.41) is 9.79. The predicted octanol–water partition coefficient (Wildman–Crippen LogP) is 2.36. The van der Waals surface area contributed by atoms with E-state index in [4.69, 9.17) is 0 Å². The first-order valence-electron chi connectivity index (χ1n) is 5.67. The SMILES string of the molecule is OC1C/C=C/CC2CC2CC2CC12. The Morgan fingerprint density at radius 2 is 1.62 bits per heavy atom. The minimum Gasteiger partial charge on any atom is -0.393 e. The molecule has 5 unspecified atom stereocenters. The second-order valence-electron chi connectivity index (χ2n) is 5.16. The average molecular weight is 178 g/mol. The van der Waals surface area contributed by atoms with Gasteiger partial charge in [0.05, 0.1) is 6.10 Å². The molecular weight excluding hydrogens is 160 g/mol. The van der Waals surface area contributed by atoms with Crippen LogP contribution in [0.25, 0.3) is 0 Å². The summed E-state index contributed by atoms with van der Waals surface area (Å²) in [6.45, 7) is 0. The lowest BCUT2D eigenvalue weighted by atomic mass is 10.0. The van der Waals surface area contributed by atoms with Crippen LogP contribution in [0.15, 0.2) is 12.2 Å². The van der Waals surface area contributed by atoms with E-state index in [2.05, 4.69) is 12.2 Å². The number of hydrogen-bond donors (Lipinski definition) is 1. The van der Waals surface area contributed by atoms with Crippen molar-refractivity contribution in [3.05, 3.63) is 12.2 Å². The van der Waals surface area contributed by atoms with Gasteiger partial charge >= 0.3 is 0 Å². The summed E-state index contributed by atoms with van der Waals surface area (Å²) in [6.07, 6.45) is 10.8. The third-order valence-electron chi connectivity index (χ3n) is 4.13. The summed E-state index contributed by atoms with van der Waals surface area (Å²) in [6, 6.07) is 0. The number of aliphatic hydroxyl groups is 1. The fourth-order valence-corrected chi connectivity index (χ4v) is 2.97. The van der Waals surface area contributed by atoms with Gasteiger partial charge in [-0.2, -0.15) is 0 Å². The topological polar surface area (TPSA) is 20.2 Å². The van der Waals surface area contributed by atoms with Crippen molar-refractivity contribution in [3.63, 3.8) is 0 Å². The molecular formula is C12H18O. The number of hydrogen-bond acceptors (Lipinski definition) is 1. The van der Waals surface area contributed by atoms with Crippen LogP contribution in [0.4, 0.5) is 0 Å². The zero-order chi connectivity index (χ0) is 8.84. The van der Waals surface area contributed by atoms with Gasteiger partial charge in [0, 0.05) is 0 Å². The highest BCUT2D eigenvalue weighted by Gasteiger charge is 2.47. The van der Waals surface area contributed by atoms with Crippen LogP contribution in [0.5, 0.6) is 0 Å². The highest BCUT2D eigenvalue weighted by Crippen LogP contribution is 2.54. The molecule has 0 aliphatic heterocycles. The Bertz CT molecular complexity index is 233. The Kier molecular flexibility index (Phi) is 1.76. The van der Waals surface area contributed by atoms with Crippen molar-refractivity contribution in [1.82, 2.24) is 0 Å². The Morgan fingerprint density at radius 3 is 2.54 bits per heavy atom. The molecule has 0 aromatic carbocycles. The summed E-state index contributed by atoms with van der Waals surface area (Å²) < 4.78 is 0. The first kappa shape index (κ1) is 8.05. The predicted molar refractivity (Wildman–Crippen MR) is 52.2 cm³/mol. The van der Waals surface area contributed by atoms with Crippen molar-refractivity contribution >= 4 is 0 Å². The largest absolute Gasteiger partial charge is 0.393 e. The van der Waals surface area contributed by atoms with E-state index in [9.17, 15) is 5.11 Å².